The predicted octanol–water partition coefficient (Wildman–Crippen LogP) is 0.102. The summed E-state index contributed by atoms with van der Waals surface area (Å²) in [6, 6.07) is 0. The van der Waals surface area contributed by atoms with E-state index in [0.717, 1.165) is 38.2 Å². The van der Waals surface area contributed by atoms with Gasteiger partial charge in [0.15, 0.2) is 0 Å². The molecule has 8 nitrogen and oxygen atoms in total. The maximum absolute atomic E-state index is 11.9. The van der Waals surface area contributed by atoms with Gasteiger partial charge in [0.05, 0.1) is 5.54 Å². The molecule has 1 N–H and O–H groups in total. The Kier molecular flexibility index (Phi) is 5.13. The van der Waals surface area contributed by atoms with Crippen LogP contribution in [-0.2, 0) is 16.1 Å². The minimum Gasteiger partial charge on any atom is -0.347 e. The highest BCUT2D eigenvalue weighted by atomic mass is 16.2. The molecule has 0 aromatic carbocycles. The van der Waals surface area contributed by atoms with Gasteiger partial charge in [0.2, 0.25) is 17.8 Å². The number of likely N-dealkylation sites (tertiary alicyclic amines) is 2. The monoisotopic (exact) mass is 360 g/mol. The molecular formula is C18H28N6O2. The number of hydrogen-bond acceptors (Lipinski definition) is 6. The van der Waals surface area contributed by atoms with Gasteiger partial charge in [0, 0.05) is 78.0 Å². The van der Waals surface area contributed by atoms with Gasteiger partial charge >= 0.3 is 0 Å². The summed E-state index contributed by atoms with van der Waals surface area (Å²) in [6.45, 7) is 6.86. The standard InChI is InChI=1S/C18H28N6O2/c1-13(25)21-18-11-23(6-5-16(18)10-24(12-18)14(2)26)9-15-7-19-17(20-8-15)22(3)4/h7-8,16H,5-6,9-12H2,1-4H3,(H,21,25)/t16-,18-/m1/s1. The van der Waals surface area contributed by atoms with E-state index < -0.39 is 0 Å². The molecule has 3 heterocycles. The second-order valence-corrected chi connectivity index (χ2v) is 7.72. The number of nitrogens with zero attached hydrogens (tertiary/aromatic N) is 5. The molecule has 2 aliphatic rings. The minimum atomic E-state index is -0.361. The van der Waals surface area contributed by atoms with E-state index in [1.165, 1.54) is 0 Å². The van der Waals surface area contributed by atoms with Crippen LogP contribution in [0.25, 0.3) is 0 Å². The maximum atomic E-state index is 11.9. The Labute approximate surface area is 154 Å². The molecule has 2 aliphatic heterocycles. The van der Waals surface area contributed by atoms with Gasteiger partial charge in [-0.3, -0.25) is 14.5 Å². The number of carbonyl (C=O) groups excluding carboxylic acids is 2. The fourth-order valence-electron chi connectivity index (χ4n) is 4.16. The van der Waals surface area contributed by atoms with Gasteiger partial charge in [0.1, 0.15) is 0 Å². The summed E-state index contributed by atoms with van der Waals surface area (Å²) in [5.41, 5.74) is 0.689. The fraction of sp³-hybridized carbons (Fsp3) is 0.667. The quantitative estimate of drug-likeness (QED) is 0.820. The smallest absolute Gasteiger partial charge is 0.224 e. The van der Waals surface area contributed by atoms with Crippen molar-refractivity contribution in [2.75, 3.05) is 45.2 Å². The molecule has 0 spiro atoms. The van der Waals surface area contributed by atoms with E-state index in [1.54, 1.807) is 13.8 Å². The van der Waals surface area contributed by atoms with Crippen LogP contribution in [0.5, 0.6) is 0 Å². The molecule has 0 bridgehead atoms. The third kappa shape index (κ3) is 3.80. The van der Waals surface area contributed by atoms with Crippen molar-refractivity contribution in [2.24, 2.45) is 5.92 Å². The lowest BCUT2D eigenvalue weighted by atomic mass is 9.80. The molecule has 0 aliphatic carbocycles. The molecule has 8 heteroatoms. The number of fused-ring (bicyclic) bond motifs is 1. The van der Waals surface area contributed by atoms with E-state index in [9.17, 15) is 9.59 Å². The zero-order valence-electron chi connectivity index (χ0n) is 16.0. The molecule has 0 radical (unpaired) electrons. The second kappa shape index (κ2) is 7.19. The minimum absolute atomic E-state index is 0.0408. The Bertz CT molecular complexity index is 677. The van der Waals surface area contributed by atoms with Crippen molar-refractivity contribution < 1.29 is 9.59 Å². The van der Waals surface area contributed by atoms with Gasteiger partial charge < -0.3 is 15.1 Å². The third-order valence-electron chi connectivity index (χ3n) is 5.36. The van der Waals surface area contributed by atoms with Crippen LogP contribution in [-0.4, -0.2) is 77.4 Å². The van der Waals surface area contributed by atoms with E-state index in [1.807, 2.05) is 36.3 Å². The van der Waals surface area contributed by atoms with Crippen molar-refractivity contribution in [1.82, 2.24) is 25.1 Å². The molecule has 26 heavy (non-hydrogen) atoms. The Morgan fingerprint density at radius 1 is 1.27 bits per heavy atom. The number of nitrogens with one attached hydrogen (secondary N) is 1. The highest BCUT2D eigenvalue weighted by Crippen LogP contribution is 2.35. The molecule has 1 aromatic rings. The lowest BCUT2D eigenvalue weighted by Crippen LogP contribution is -2.63. The Hall–Kier alpha value is -2.22. The Balaban J connectivity index is 1.73. The molecule has 2 atom stereocenters. The first-order valence-corrected chi connectivity index (χ1v) is 9.04. The van der Waals surface area contributed by atoms with Crippen molar-refractivity contribution in [3.05, 3.63) is 18.0 Å². The lowest BCUT2D eigenvalue weighted by molar-refractivity contribution is -0.128. The molecule has 2 amide bonds. The molecule has 1 aromatic heterocycles. The van der Waals surface area contributed by atoms with Crippen LogP contribution in [0.1, 0.15) is 25.8 Å². The first-order chi connectivity index (χ1) is 12.3. The summed E-state index contributed by atoms with van der Waals surface area (Å²) < 4.78 is 0. The van der Waals surface area contributed by atoms with Crippen LogP contribution in [0.2, 0.25) is 0 Å². The molecule has 0 saturated carbocycles. The zero-order valence-corrected chi connectivity index (χ0v) is 16.0. The normalized spacial score (nSPS) is 25.7. The second-order valence-electron chi connectivity index (χ2n) is 7.72. The summed E-state index contributed by atoms with van der Waals surface area (Å²) in [6.07, 6.45) is 4.67. The average molecular weight is 360 g/mol. The van der Waals surface area contributed by atoms with Crippen LogP contribution in [0.3, 0.4) is 0 Å². The van der Waals surface area contributed by atoms with Gasteiger partial charge in [-0.2, -0.15) is 0 Å². The maximum Gasteiger partial charge on any atom is 0.224 e. The van der Waals surface area contributed by atoms with E-state index in [0.29, 0.717) is 18.4 Å². The van der Waals surface area contributed by atoms with Crippen molar-refractivity contribution in [3.63, 3.8) is 0 Å². The van der Waals surface area contributed by atoms with Crippen molar-refractivity contribution >= 4 is 17.8 Å². The lowest BCUT2D eigenvalue weighted by Gasteiger charge is -2.44. The average Bonchev–Trinajstić information content (AvgIpc) is 2.93. The van der Waals surface area contributed by atoms with Gasteiger partial charge in [-0.25, -0.2) is 9.97 Å². The first kappa shape index (κ1) is 18.6. The van der Waals surface area contributed by atoms with Gasteiger partial charge in [0.25, 0.3) is 0 Å². The van der Waals surface area contributed by atoms with E-state index in [4.69, 9.17) is 0 Å². The van der Waals surface area contributed by atoms with Gasteiger partial charge in [-0.1, -0.05) is 0 Å². The molecule has 2 saturated heterocycles. The number of aromatic nitrogens is 2. The van der Waals surface area contributed by atoms with Crippen LogP contribution in [0.15, 0.2) is 12.4 Å². The highest BCUT2D eigenvalue weighted by Gasteiger charge is 2.50. The van der Waals surface area contributed by atoms with Crippen LogP contribution in [0, 0.1) is 5.92 Å². The van der Waals surface area contributed by atoms with E-state index in [2.05, 4.69) is 20.2 Å². The number of anilines is 1. The van der Waals surface area contributed by atoms with E-state index in [-0.39, 0.29) is 17.4 Å². The number of amides is 2. The van der Waals surface area contributed by atoms with Gasteiger partial charge in [-0.15, -0.1) is 0 Å². The molecular weight excluding hydrogens is 332 g/mol. The number of rotatable bonds is 4. The molecule has 0 unspecified atom stereocenters. The summed E-state index contributed by atoms with van der Waals surface area (Å²) in [4.78, 5) is 38.5. The van der Waals surface area contributed by atoms with E-state index >= 15 is 0 Å². The van der Waals surface area contributed by atoms with Crippen LogP contribution in [0.4, 0.5) is 5.95 Å². The van der Waals surface area contributed by atoms with Crippen LogP contribution >= 0.6 is 0 Å². The van der Waals surface area contributed by atoms with Crippen molar-refractivity contribution in [2.45, 2.75) is 32.4 Å². The largest absolute Gasteiger partial charge is 0.347 e. The molecule has 2 fully saturated rings. The zero-order chi connectivity index (χ0) is 18.9. The highest BCUT2D eigenvalue weighted by molar-refractivity contribution is 5.76. The Morgan fingerprint density at radius 2 is 1.96 bits per heavy atom. The Morgan fingerprint density at radius 3 is 2.54 bits per heavy atom. The third-order valence-corrected chi connectivity index (χ3v) is 5.36. The van der Waals surface area contributed by atoms with Crippen molar-refractivity contribution in [1.29, 1.82) is 0 Å². The summed E-state index contributed by atoms with van der Waals surface area (Å²) in [5.74, 6) is 1.03. The molecule has 3 rings (SSSR count). The molecule has 142 valence electrons. The SMILES string of the molecule is CC(=O)N[C@@]12CN(Cc3cnc(N(C)C)nc3)CC[C@@H]1CN(C(C)=O)C2. The number of carbonyl (C=O) groups is 2. The topological polar surface area (TPSA) is 81.7 Å². The number of piperidine rings is 1. The fourth-order valence-corrected chi connectivity index (χ4v) is 4.16. The van der Waals surface area contributed by atoms with Crippen molar-refractivity contribution in [3.8, 4) is 0 Å². The summed E-state index contributed by atoms with van der Waals surface area (Å²) in [7, 11) is 3.83. The van der Waals surface area contributed by atoms with Crippen LogP contribution < -0.4 is 10.2 Å². The predicted molar refractivity (Wildman–Crippen MR) is 98.5 cm³/mol. The summed E-state index contributed by atoms with van der Waals surface area (Å²) >= 11 is 0. The van der Waals surface area contributed by atoms with Gasteiger partial charge in [-0.05, 0) is 13.0 Å². The first-order valence-electron chi connectivity index (χ1n) is 9.04. The number of hydrogen-bond donors (Lipinski definition) is 1. The summed E-state index contributed by atoms with van der Waals surface area (Å²) in [5, 5.41) is 3.17.